The van der Waals surface area contributed by atoms with E-state index in [1.54, 1.807) is 20.7 Å². The topological polar surface area (TPSA) is 19.1 Å². The number of nitrogens with zero attached hydrogens (tertiary/aromatic N) is 3. The monoisotopic (exact) mass is 225 g/mol. The molecule has 0 aliphatic rings. The minimum atomic E-state index is 0. The van der Waals surface area contributed by atoms with Crippen LogP contribution in [0.25, 0.3) is 0 Å². The Labute approximate surface area is 85.8 Å². The van der Waals surface area contributed by atoms with E-state index in [2.05, 4.69) is 4.98 Å². The maximum Gasteiger partial charge on any atom is 0.390 e. The van der Waals surface area contributed by atoms with E-state index in [1.807, 2.05) is 37.7 Å². The van der Waals surface area contributed by atoms with Crippen LogP contribution in [0, 0.1) is 0 Å². The third-order valence-corrected chi connectivity index (χ3v) is 3.59. The molecule has 0 aliphatic carbocycles. The molecule has 0 radical (unpaired) electrons. The molecule has 12 heavy (non-hydrogen) atoms. The fourth-order valence-electron chi connectivity index (χ4n) is 0.543. The Morgan fingerprint density at radius 3 is 2.08 bits per heavy atom. The molecular formula is C6H12ClN3S2. The van der Waals surface area contributed by atoms with Gasteiger partial charge in [-0.15, -0.1) is 0 Å². The third kappa shape index (κ3) is 2.73. The maximum absolute atomic E-state index is 4.40. The summed E-state index contributed by atoms with van der Waals surface area (Å²) >= 11 is 0. The van der Waals surface area contributed by atoms with E-state index in [4.69, 9.17) is 0 Å². The second-order valence-electron chi connectivity index (χ2n) is 2.63. The zero-order chi connectivity index (χ0) is 8.43. The number of aromatic nitrogens is 1. The Bertz CT molecular complexity index is 298. The van der Waals surface area contributed by atoms with Crippen molar-refractivity contribution in [2.45, 2.75) is 0 Å². The molecule has 1 rings (SSSR count). The van der Waals surface area contributed by atoms with Crippen LogP contribution in [0.15, 0.2) is 0 Å². The van der Waals surface area contributed by atoms with Crippen LogP contribution in [0.1, 0.15) is 0 Å². The molecule has 0 bridgehead atoms. The van der Waals surface area contributed by atoms with Gasteiger partial charge in [-0.05, 0) is 10.3 Å². The molecule has 1 aromatic rings. The van der Waals surface area contributed by atoms with Gasteiger partial charge in [0.05, 0.1) is 14.1 Å². The molecule has 0 saturated carbocycles. The molecule has 0 aromatic carbocycles. The zero-order valence-electron chi connectivity index (χ0n) is 7.54. The molecule has 6 heteroatoms. The molecule has 0 fully saturated rings. The quantitative estimate of drug-likeness (QED) is 0.383. The van der Waals surface area contributed by atoms with Gasteiger partial charge in [-0.25, -0.2) is 0 Å². The van der Waals surface area contributed by atoms with Crippen LogP contribution in [-0.2, 0) is 0 Å². The van der Waals surface area contributed by atoms with Gasteiger partial charge >= 0.3 is 9.93 Å². The summed E-state index contributed by atoms with van der Waals surface area (Å²) in [5.74, 6) is 0. The lowest BCUT2D eigenvalue weighted by Gasteiger charge is -1.99. The highest BCUT2D eigenvalue weighted by Gasteiger charge is 2.08. The minimum Gasteiger partial charge on any atom is -1.00 e. The smallest absolute Gasteiger partial charge is 0.390 e. The Morgan fingerprint density at radius 2 is 1.83 bits per heavy atom. The van der Waals surface area contributed by atoms with Gasteiger partial charge in [-0.1, -0.05) is 0 Å². The van der Waals surface area contributed by atoms with E-state index < -0.39 is 0 Å². The first-order chi connectivity index (χ1) is 5.11. The lowest BCUT2D eigenvalue weighted by atomic mass is 10.9. The highest BCUT2D eigenvalue weighted by molar-refractivity contribution is 7.69. The van der Waals surface area contributed by atoms with Crippen molar-refractivity contribution < 1.29 is 12.4 Å². The average molecular weight is 226 g/mol. The Kier molecular flexibility index (Phi) is 4.74. The first kappa shape index (κ1) is 11.9. The summed E-state index contributed by atoms with van der Waals surface area (Å²) in [5.41, 5.74) is 0. The summed E-state index contributed by atoms with van der Waals surface area (Å²) in [6, 6.07) is 0. The first-order valence-electron chi connectivity index (χ1n) is 3.26. The van der Waals surface area contributed by atoms with Crippen LogP contribution in [0.2, 0.25) is 0 Å². The maximum atomic E-state index is 4.40. The molecule has 1 aromatic heterocycles. The van der Waals surface area contributed by atoms with Crippen molar-refractivity contribution in [3.63, 3.8) is 0 Å². The summed E-state index contributed by atoms with van der Waals surface area (Å²) in [7, 11) is 11.4. The minimum absolute atomic E-state index is 0. The van der Waals surface area contributed by atoms with Crippen molar-refractivity contribution in [3.05, 3.63) is 4.80 Å². The number of rotatable bonds is 1. The molecule has 0 saturated heterocycles. The van der Waals surface area contributed by atoms with Crippen LogP contribution >= 0.6 is 20.7 Å². The summed E-state index contributed by atoms with van der Waals surface area (Å²) in [5, 5.41) is 1.07. The normalized spacial score (nSPS) is 9.00. The predicted octanol–water partition coefficient (Wildman–Crippen LogP) is -2.69. The van der Waals surface area contributed by atoms with Gasteiger partial charge < -0.3 is 17.3 Å². The molecule has 1 heterocycles. The van der Waals surface area contributed by atoms with Crippen molar-refractivity contribution in [1.82, 2.24) is 9.56 Å². The van der Waals surface area contributed by atoms with Gasteiger partial charge in [0.2, 0.25) is 0 Å². The summed E-state index contributed by atoms with van der Waals surface area (Å²) < 4.78 is 2.02. The second kappa shape index (κ2) is 4.79. The predicted molar refractivity (Wildman–Crippen MR) is 51.4 cm³/mol. The van der Waals surface area contributed by atoms with E-state index in [0.29, 0.717) is 0 Å². The van der Waals surface area contributed by atoms with E-state index in [-0.39, 0.29) is 12.4 Å². The van der Waals surface area contributed by atoms with Crippen LogP contribution in [0.5, 0.6) is 0 Å². The fraction of sp³-hybridized carbons (Fsp3) is 0.667. The molecule has 0 N–H and O–H groups in total. The highest BCUT2D eigenvalue weighted by atomic mass is 35.5. The van der Waals surface area contributed by atoms with Crippen molar-refractivity contribution >= 4 is 25.8 Å². The molecule has 0 aliphatic heterocycles. The van der Waals surface area contributed by atoms with Crippen molar-refractivity contribution in [2.24, 2.45) is 0 Å². The molecular weight excluding hydrogens is 214 g/mol. The molecule has 0 unspecified atom stereocenters. The van der Waals surface area contributed by atoms with E-state index >= 15 is 0 Å². The van der Waals surface area contributed by atoms with Gasteiger partial charge in [-0.3, -0.25) is 4.58 Å². The van der Waals surface area contributed by atoms with Crippen molar-refractivity contribution in [1.29, 1.82) is 0 Å². The van der Waals surface area contributed by atoms with Crippen LogP contribution < -0.4 is 26.7 Å². The van der Waals surface area contributed by atoms with Crippen LogP contribution in [0.4, 0.5) is 5.13 Å². The van der Waals surface area contributed by atoms with Crippen LogP contribution in [0.3, 0.4) is 0 Å². The number of hydrogen-bond donors (Lipinski definition) is 0. The van der Waals surface area contributed by atoms with Crippen molar-refractivity contribution in [3.8, 4) is 0 Å². The largest absolute Gasteiger partial charge is 1.00 e. The van der Waals surface area contributed by atoms with E-state index in [1.165, 1.54) is 0 Å². The zero-order valence-corrected chi connectivity index (χ0v) is 9.93. The molecule has 0 amide bonds. The molecule has 3 nitrogen and oxygen atoms in total. The highest BCUT2D eigenvalue weighted by Crippen LogP contribution is 2.14. The van der Waals surface area contributed by atoms with Crippen molar-refractivity contribution in [2.75, 3.05) is 33.1 Å². The number of halogens is 1. The SMILES string of the molecule is CN(C)c1nc(=[N+](C)C)ss1.[Cl-]. The fourth-order valence-corrected chi connectivity index (χ4v) is 2.86. The van der Waals surface area contributed by atoms with Crippen LogP contribution in [-0.4, -0.2) is 33.2 Å². The summed E-state index contributed by atoms with van der Waals surface area (Å²) in [6.07, 6.45) is 0. The Balaban J connectivity index is 0.00000121. The Morgan fingerprint density at radius 1 is 1.25 bits per heavy atom. The standard InChI is InChI=1S/C6H12N3S2.ClH/c1-8(2)5-7-6(9(3)4)11-10-5;/h1-4H3;1H/q+1;/p-1. The summed E-state index contributed by atoms with van der Waals surface area (Å²) in [6.45, 7) is 0. The number of hydrogen-bond acceptors (Lipinski definition) is 4. The van der Waals surface area contributed by atoms with E-state index in [0.717, 1.165) is 9.93 Å². The third-order valence-electron chi connectivity index (χ3n) is 1.15. The lowest BCUT2D eigenvalue weighted by Crippen LogP contribution is -3.00. The molecule has 70 valence electrons. The van der Waals surface area contributed by atoms with E-state index in [9.17, 15) is 0 Å². The second-order valence-corrected chi connectivity index (χ2v) is 4.70. The van der Waals surface area contributed by atoms with Gasteiger partial charge in [0.1, 0.15) is 0 Å². The van der Waals surface area contributed by atoms with Gasteiger partial charge in [0.25, 0.3) is 0 Å². The molecule has 0 spiro atoms. The first-order valence-corrected chi connectivity index (χ1v) is 5.41. The lowest BCUT2D eigenvalue weighted by molar-refractivity contribution is -0.00000238. The summed E-state index contributed by atoms with van der Waals surface area (Å²) in [4.78, 5) is 7.49. The van der Waals surface area contributed by atoms with Gasteiger partial charge in [0, 0.05) is 29.4 Å². The number of anilines is 1. The molecule has 0 atom stereocenters. The van der Waals surface area contributed by atoms with Gasteiger partial charge in [0.15, 0.2) is 0 Å². The Hall–Kier alpha value is -0.130. The van der Waals surface area contributed by atoms with Gasteiger partial charge in [-0.2, -0.15) is 0 Å². The average Bonchev–Trinajstić information content (AvgIpc) is 2.33.